The number of rotatable bonds is 4. The molecule has 0 aliphatic carbocycles. The van der Waals surface area contributed by atoms with E-state index < -0.39 is 11.7 Å². The minimum atomic E-state index is -0.564. The first-order chi connectivity index (χ1) is 12.1. The monoisotopic (exact) mass is 334 g/mol. The summed E-state index contributed by atoms with van der Waals surface area (Å²) in [5.41, 5.74) is 1.61. The number of para-hydroxylation sites is 1. The van der Waals surface area contributed by atoms with Gasteiger partial charge in [-0.3, -0.25) is 9.69 Å². The van der Waals surface area contributed by atoms with Gasteiger partial charge in [0.15, 0.2) is 6.10 Å². The summed E-state index contributed by atoms with van der Waals surface area (Å²) in [6.07, 6.45) is -0.661. The summed E-state index contributed by atoms with van der Waals surface area (Å²) in [5.74, 6) is -0.140. The second-order valence-corrected chi connectivity index (χ2v) is 6.53. The van der Waals surface area contributed by atoms with Crippen LogP contribution >= 0.6 is 0 Å². The Balaban J connectivity index is 1.70. The number of epoxide rings is 1. The van der Waals surface area contributed by atoms with Gasteiger partial charge >= 0.3 is 0 Å². The van der Waals surface area contributed by atoms with Crippen LogP contribution in [0.15, 0.2) is 54.6 Å². The van der Waals surface area contributed by atoms with E-state index in [9.17, 15) is 10.1 Å². The van der Waals surface area contributed by atoms with Gasteiger partial charge in [-0.15, -0.1) is 0 Å². The number of carbonyl (C=O) groups is 1. The van der Waals surface area contributed by atoms with Crippen LogP contribution in [0.4, 0.5) is 5.69 Å². The van der Waals surface area contributed by atoms with Gasteiger partial charge in [-0.05, 0) is 24.6 Å². The van der Waals surface area contributed by atoms with Gasteiger partial charge in [-0.25, -0.2) is 0 Å². The Morgan fingerprint density at radius 1 is 1.16 bits per heavy atom. The number of hydrogen-bond donors (Lipinski definition) is 0. The maximum atomic E-state index is 12.6. The average molecular weight is 334 g/mol. The molecule has 5 nitrogen and oxygen atoms in total. The predicted molar refractivity (Wildman–Crippen MR) is 91.9 cm³/mol. The summed E-state index contributed by atoms with van der Waals surface area (Å²) in [5, 5.41) is 9.38. The quantitative estimate of drug-likeness (QED) is 0.637. The number of methoxy groups -OCH3 is 1. The van der Waals surface area contributed by atoms with Crippen molar-refractivity contribution in [3.8, 4) is 6.07 Å². The maximum absolute atomic E-state index is 12.6. The van der Waals surface area contributed by atoms with Crippen LogP contribution in [0.25, 0.3) is 0 Å². The molecule has 4 rings (SSSR count). The van der Waals surface area contributed by atoms with Crippen LogP contribution in [0.1, 0.15) is 24.2 Å². The van der Waals surface area contributed by atoms with Crippen LogP contribution < -0.4 is 4.90 Å². The molecule has 25 heavy (non-hydrogen) atoms. The van der Waals surface area contributed by atoms with Gasteiger partial charge in [-0.1, -0.05) is 42.5 Å². The minimum absolute atomic E-state index is 0.0961. The van der Waals surface area contributed by atoms with E-state index in [2.05, 4.69) is 6.07 Å². The molecule has 2 aromatic rings. The zero-order chi connectivity index (χ0) is 17.6. The maximum Gasteiger partial charge on any atom is 0.258 e. The highest BCUT2D eigenvalue weighted by Gasteiger charge is 2.69. The molecule has 3 unspecified atom stereocenters. The van der Waals surface area contributed by atoms with Gasteiger partial charge in [0.25, 0.3) is 5.91 Å². The molecule has 0 N–H and O–H groups in total. The fraction of sp³-hybridized carbons (Fsp3) is 0.300. The summed E-state index contributed by atoms with van der Waals surface area (Å²) < 4.78 is 11.5. The molecule has 2 heterocycles. The zero-order valence-electron chi connectivity index (χ0n) is 14.0. The molecule has 0 aromatic heterocycles. The highest BCUT2D eigenvalue weighted by molar-refractivity contribution is 6.06. The Hall–Kier alpha value is -2.68. The Kier molecular flexibility index (Phi) is 3.60. The molecule has 2 saturated heterocycles. The lowest BCUT2D eigenvalue weighted by atomic mass is 9.82. The van der Waals surface area contributed by atoms with E-state index in [1.165, 1.54) is 7.11 Å². The summed E-state index contributed by atoms with van der Waals surface area (Å²) in [4.78, 5) is 14.3. The highest BCUT2D eigenvalue weighted by Crippen LogP contribution is 2.57. The molecule has 2 aliphatic rings. The van der Waals surface area contributed by atoms with Gasteiger partial charge in [-0.2, -0.15) is 5.26 Å². The Morgan fingerprint density at radius 2 is 1.84 bits per heavy atom. The third-order valence-electron chi connectivity index (χ3n) is 5.11. The van der Waals surface area contributed by atoms with Crippen LogP contribution in [0.5, 0.6) is 0 Å². The van der Waals surface area contributed by atoms with Crippen LogP contribution in [0.3, 0.4) is 0 Å². The number of amides is 1. The molecule has 2 aliphatic heterocycles. The van der Waals surface area contributed by atoms with Crippen molar-refractivity contribution in [2.45, 2.75) is 30.8 Å². The van der Waals surface area contributed by atoms with Gasteiger partial charge in [0.2, 0.25) is 0 Å². The fourth-order valence-corrected chi connectivity index (χ4v) is 3.77. The second kappa shape index (κ2) is 5.69. The van der Waals surface area contributed by atoms with E-state index in [1.54, 1.807) is 23.1 Å². The van der Waals surface area contributed by atoms with Crippen LogP contribution in [-0.4, -0.2) is 30.8 Å². The molecule has 4 atom stereocenters. The number of nitrogens with zero attached hydrogens (tertiary/aromatic N) is 2. The minimum Gasteiger partial charge on any atom is -0.369 e. The van der Waals surface area contributed by atoms with E-state index in [4.69, 9.17) is 9.47 Å². The van der Waals surface area contributed by atoms with Crippen LogP contribution in [-0.2, 0) is 14.3 Å². The number of ether oxygens (including phenoxy) is 2. The number of anilines is 1. The van der Waals surface area contributed by atoms with E-state index >= 15 is 0 Å². The lowest BCUT2D eigenvalue weighted by molar-refractivity contribution is -0.142. The standard InChI is InChI=1S/C20H18N2O3/c1-20(18(25-20)13-8-4-3-5-9-13)17-16(24-2)19(23)22(17)15-11-7-6-10-14(15)12-21/h3-11,16-18H,1-2H3/t16-,17?,18?,20?/m0/s1. The lowest BCUT2D eigenvalue weighted by Gasteiger charge is -2.48. The zero-order valence-corrected chi connectivity index (χ0v) is 14.0. The van der Waals surface area contributed by atoms with Crippen molar-refractivity contribution in [3.63, 3.8) is 0 Å². The summed E-state index contributed by atoms with van der Waals surface area (Å²) in [6.45, 7) is 2.00. The largest absolute Gasteiger partial charge is 0.369 e. The van der Waals surface area contributed by atoms with Crippen LogP contribution in [0, 0.1) is 11.3 Å². The predicted octanol–water partition coefficient (Wildman–Crippen LogP) is 2.82. The van der Waals surface area contributed by atoms with Gasteiger partial charge in [0, 0.05) is 7.11 Å². The molecule has 1 amide bonds. The Bertz CT molecular complexity index is 861. The Labute approximate surface area is 146 Å². The lowest BCUT2D eigenvalue weighted by Crippen LogP contribution is -2.71. The molecule has 0 bridgehead atoms. The van der Waals surface area contributed by atoms with Crippen LogP contribution in [0.2, 0.25) is 0 Å². The molecule has 0 radical (unpaired) electrons. The van der Waals surface area contributed by atoms with Gasteiger partial charge < -0.3 is 9.47 Å². The van der Waals surface area contributed by atoms with E-state index in [1.807, 2.05) is 43.3 Å². The third-order valence-corrected chi connectivity index (χ3v) is 5.11. The molecule has 2 fully saturated rings. The average Bonchev–Trinajstić information content (AvgIpc) is 3.33. The molecular formula is C20H18N2O3. The van der Waals surface area contributed by atoms with Gasteiger partial charge in [0.1, 0.15) is 23.8 Å². The fourth-order valence-electron chi connectivity index (χ4n) is 3.77. The molecule has 0 spiro atoms. The first kappa shape index (κ1) is 15.8. The number of nitriles is 1. The number of carbonyl (C=O) groups excluding carboxylic acids is 1. The van der Waals surface area contributed by atoms with Gasteiger partial charge in [0.05, 0.1) is 11.3 Å². The summed E-state index contributed by atoms with van der Waals surface area (Å²) in [6, 6.07) is 18.9. The topological polar surface area (TPSA) is 65.9 Å². The Morgan fingerprint density at radius 3 is 2.52 bits per heavy atom. The van der Waals surface area contributed by atoms with Crippen molar-refractivity contribution in [1.29, 1.82) is 5.26 Å². The van der Waals surface area contributed by atoms with E-state index in [-0.39, 0.29) is 18.1 Å². The van der Waals surface area contributed by atoms with E-state index in [0.29, 0.717) is 11.3 Å². The van der Waals surface area contributed by atoms with Crippen molar-refractivity contribution in [2.75, 3.05) is 12.0 Å². The first-order valence-corrected chi connectivity index (χ1v) is 8.19. The van der Waals surface area contributed by atoms with Crippen molar-refractivity contribution in [1.82, 2.24) is 0 Å². The van der Waals surface area contributed by atoms with Crippen molar-refractivity contribution >= 4 is 11.6 Å². The normalized spacial score (nSPS) is 30.5. The SMILES string of the molecule is CO[C@@H]1C(=O)N(c2ccccc2C#N)C1C1(C)OC1c1ccccc1. The second-order valence-electron chi connectivity index (χ2n) is 6.53. The number of benzene rings is 2. The summed E-state index contributed by atoms with van der Waals surface area (Å²) >= 11 is 0. The first-order valence-electron chi connectivity index (χ1n) is 8.19. The number of hydrogen-bond acceptors (Lipinski definition) is 4. The molecular weight excluding hydrogens is 316 g/mol. The van der Waals surface area contributed by atoms with Crippen molar-refractivity contribution in [3.05, 3.63) is 65.7 Å². The summed E-state index contributed by atoms with van der Waals surface area (Å²) in [7, 11) is 1.53. The molecule has 5 heteroatoms. The van der Waals surface area contributed by atoms with E-state index in [0.717, 1.165) is 5.56 Å². The smallest absolute Gasteiger partial charge is 0.258 e. The third kappa shape index (κ3) is 2.26. The van der Waals surface area contributed by atoms with Crippen molar-refractivity contribution in [2.24, 2.45) is 0 Å². The van der Waals surface area contributed by atoms with Crippen molar-refractivity contribution < 1.29 is 14.3 Å². The molecule has 0 saturated carbocycles. The molecule has 2 aromatic carbocycles. The molecule has 126 valence electrons. The highest BCUT2D eigenvalue weighted by atomic mass is 16.6. The number of β-lactam (4-membered cyclic amide) rings is 1.